The van der Waals surface area contributed by atoms with Gasteiger partial charge in [-0.25, -0.2) is 9.78 Å². The summed E-state index contributed by atoms with van der Waals surface area (Å²) in [7, 11) is 3.49. The van der Waals surface area contributed by atoms with Crippen molar-refractivity contribution in [2.45, 2.75) is 0 Å². The van der Waals surface area contributed by atoms with Gasteiger partial charge in [0.2, 0.25) is 0 Å². The number of fused-ring (bicyclic) bond motifs is 1. The van der Waals surface area contributed by atoms with Gasteiger partial charge in [-0.3, -0.25) is 0 Å². The van der Waals surface area contributed by atoms with Crippen molar-refractivity contribution in [1.29, 1.82) is 0 Å². The highest BCUT2D eigenvalue weighted by molar-refractivity contribution is 5.93. The van der Waals surface area contributed by atoms with Gasteiger partial charge in [-0.2, -0.15) is 0 Å². The summed E-state index contributed by atoms with van der Waals surface area (Å²) in [5.41, 5.74) is 2.22. The van der Waals surface area contributed by atoms with Crippen LogP contribution in [-0.2, 0) is 4.74 Å². The first-order chi connectivity index (χ1) is 13.1. The van der Waals surface area contributed by atoms with Crippen LogP contribution in [0.15, 0.2) is 42.7 Å². The van der Waals surface area contributed by atoms with Gasteiger partial charge in [0.05, 0.1) is 13.3 Å². The molecule has 1 aliphatic heterocycles. The minimum Gasteiger partial charge on any atom is -0.465 e. The Morgan fingerprint density at radius 3 is 2.74 bits per heavy atom. The molecule has 1 aromatic carbocycles. The number of piperazine rings is 1. The molecule has 3 aromatic rings. The zero-order chi connectivity index (χ0) is 18.8. The number of methoxy groups -OCH3 is 1. The second-order valence-corrected chi connectivity index (χ2v) is 6.65. The van der Waals surface area contributed by atoms with E-state index in [0.29, 0.717) is 17.1 Å². The average Bonchev–Trinajstić information content (AvgIpc) is 3.16. The number of rotatable bonds is 4. The van der Waals surface area contributed by atoms with Crippen LogP contribution in [0.1, 0.15) is 10.4 Å². The van der Waals surface area contributed by atoms with Gasteiger partial charge < -0.3 is 24.3 Å². The third kappa shape index (κ3) is 3.59. The topological polar surface area (TPSA) is 70.7 Å². The zero-order valence-corrected chi connectivity index (χ0v) is 15.4. The number of nitrogens with one attached hydrogen (secondary N) is 1. The predicted octanol–water partition coefficient (Wildman–Crippen LogP) is 2.89. The van der Waals surface area contributed by atoms with Crippen molar-refractivity contribution in [1.82, 2.24) is 14.9 Å². The molecular weight excluding hydrogens is 344 g/mol. The van der Waals surface area contributed by atoms with Gasteiger partial charge in [-0.15, -0.1) is 0 Å². The number of esters is 1. The fourth-order valence-electron chi connectivity index (χ4n) is 3.24. The molecule has 140 valence electrons. The van der Waals surface area contributed by atoms with Crippen LogP contribution < -0.4 is 9.64 Å². The second kappa shape index (κ2) is 7.28. The van der Waals surface area contributed by atoms with Crippen molar-refractivity contribution in [3.63, 3.8) is 0 Å². The summed E-state index contributed by atoms with van der Waals surface area (Å²) in [4.78, 5) is 24.2. The summed E-state index contributed by atoms with van der Waals surface area (Å²) in [6.45, 7) is 3.88. The van der Waals surface area contributed by atoms with Crippen molar-refractivity contribution in [3.8, 4) is 11.5 Å². The lowest BCUT2D eigenvalue weighted by Crippen LogP contribution is -2.44. The minimum atomic E-state index is -0.425. The summed E-state index contributed by atoms with van der Waals surface area (Å²) in [5, 5.41) is 0.947. The molecule has 4 rings (SSSR count). The molecule has 0 bridgehead atoms. The fraction of sp³-hybridized carbons (Fsp3) is 0.300. The van der Waals surface area contributed by atoms with Crippen LogP contribution in [0.25, 0.3) is 11.0 Å². The van der Waals surface area contributed by atoms with E-state index in [1.54, 1.807) is 12.3 Å². The maximum Gasteiger partial charge on any atom is 0.341 e. The van der Waals surface area contributed by atoms with E-state index in [1.807, 2.05) is 30.5 Å². The predicted molar refractivity (Wildman–Crippen MR) is 104 cm³/mol. The molecule has 27 heavy (non-hydrogen) atoms. The monoisotopic (exact) mass is 366 g/mol. The number of carbonyl (C=O) groups excluding carboxylic acids is 1. The molecule has 1 aliphatic rings. The molecule has 3 heterocycles. The molecule has 0 aliphatic carbocycles. The number of hydrogen-bond donors (Lipinski definition) is 1. The molecule has 7 heteroatoms. The Labute approximate surface area is 157 Å². The number of anilines is 1. The summed E-state index contributed by atoms with van der Waals surface area (Å²) < 4.78 is 11.0. The number of ether oxygens (including phenoxy) is 2. The first-order valence-electron chi connectivity index (χ1n) is 8.91. The number of hydrogen-bond acceptors (Lipinski definition) is 6. The minimum absolute atomic E-state index is 0.393. The Morgan fingerprint density at radius 2 is 1.96 bits per heavy atom. The SMILES string of the molecule is COC(=O)c1ccc(N2CCN(C)CC2)cc1Oc1cnc2[nH]ccc2c1. The third-order valence-electron chi connectivity index (χ3n) is 4.84. The lowest BCUT2D eigenvalue weighted by molar-refractivity contribution is 0.0598. The van der Waals surface area contributed by atoms with Crippen LogP contribution >= 0.6 is 0 Å². The quantitative estimate of drug-likeness (QED) is 0.716. The highest BCUT2D eigenvalue weighted by Crippen LogP contribution is 2.31. The van der Waals surface area contributed by atoms with E-state index in [4.69, 9.17) is 9.47 Å². The lowest BCUT2D eigenvalue weighted by Gasteiger charge is -2.34. The highest BCUT2D eigenvalue weighted by atomic mass is 16.5. The Kier molecular flexibility index (Phi) is 4.68. The summed E-state index contributed by atoms with van der Waals surface area (Å²) in [6, 6.07) is 9.42. The van der Waals surface area contributed by atoms with Crippen LogP contribution in [-0.4, -0.2) is 61.2 Å². The smallest absolute Gasteiger partial charge is 0.341 e. The van der Waals surface area contributed by atoms with Gasteiger partial charge >= 0.3 is 5.97 Å². The number of aromatic nitrogens is 2. The molecule has 0 amide bonds. The number of nitrogens with zero attached hydrogens (tertiary/aromatic N) is 3. The molecule has 0 unspecified atom stereocenters. The number of benzene rings is 1. The molecule has 0 radical (unpaired) electrons. The number of H-pyrrole nitrogens is 1. The summed E-state index contributed by atoms with van der Waals surface area (Å²) >= 11 is 0. The van der Waals surface area contributed by atoms with Crippen molar-refractivity contribution >= 4 is 22.7 Å². The van der Waals surface area contributed by atoms with Crippen LogP contribution in [0.5, 0.6) is 11.5 Å². The van der Waals surface area contributed by atoms with E-state index in [-0.39, 0.29) is 0 Å². The van der Waals surface area contributed by atoms with Crippen molar-refractivity contribution < 1.29 is 14.3 Å². The van der Waals surface area contributed by atoms with Crippen molar-refractivity contribution in [2.75, 3.05) is 45.2 Å². The molecule has 1 saturated heterocycles. The first kappa shape index (κ1) is 17.4. The maximum absolute atomic E-state index is 12.2. The largest absolute Gasteiger partial charge is 0.465 e. The molecule has 1 fully saturated rings. The van der Waals surface area contributed by atoms with E-state index in [0.717, 1.165) is 42.9 Å². The maximum atomic E-state index is 12.2. The van der Waals surface area contributed by atoms with E-state index in [9.17, 15) is 4.79 Å². The Hall–Kier alpha value is -3.06. The van der Waals surface area contributed by atoms with Crippen LogP contribution in [0.3, 0.4) is 0 Å². The average molecular weight is 366 g/mol. The summed E-state index contributed by atoms with van der Waals surface area (Å²) in [6.07, 6.45) is 3.47. The number of pyridine rings is 1. The third-order valence-corrected chi connectivity index (χ3v) is 4.84. The lowest BCUT2D eigenvalue weighted by atomic mass is 10.1. The first-order valence-corrected chi connectivity index (χ1v) is 8.91. The van der Waals surface area contributed by atoms with Gasteiger partial charge in [-0.1, -0.05) is 0 Å². The van der Waals surface area contributed by atoms with Crippen LogP contribution in [0.4, 0.5) is 5.69 Å². The van der Waals surface area contributed by atoms with Gasteiger partial charge in [0.1, 0.15) is 22.7 Å². The molecule has 0 atom stereocenters. The van der Waals surface area contributed by atoms with Gasteiger partial charge in [0.25, 0.3) is 0 Å². The molecular formula is C20H22N4O3. The Bertz CT molecular complexity index is 961. The van der Waals surface area contributed by atoms with E-state index < -0.39 is 5.97 Å². The second-order valence-electron chi connectivity index (χ2n) is 6.65. The Balaban J connectivity index is 1.66. The van der Waals surface area contributed by atoms with Gasteiger partial charge in [0, 0.05) is 49.5 Å². The molecule has 7 nitrogen and oxygen atoms in total. The Morgan fingerprint density at radius 1 is 1.15 bits per heavy atom. The summed E-state index contributed by atoms with van der Waals surface area (Å²) in [5.74, 6) is 0.614. The van der Waals surface area contributed by atoms with Crippen molar-refractivity contribution in [3.05, 3.63) is 48.3 Å². The number of carbonyl (C=O) groups is 1. The van der Waals surface area contributed by atoms with E-state index >= 15 is 0 Å². The zero-order valence-electron chi connectivity index (χ0n) is 15.4. The standard InChI is InChI=1S/C20H22N4O3/c1-23-7-9-24(10-8-23)15-3-4-17(20(25)26-2)18(12-15)27-16-11-14-5-6-21-19(14)22-13-16/h3-6,11-13H,7-10H2,1-2H3,(H,21,22). The van der Waals surface area contributed by atoms with E-state index in [2.05, 4.69) is 26.8 Å². The van der Waals surface area contributed by atoms with Crippen LogP contribution in [0, 0.1) is 0 Å². The highest BCUT2D eigenvalue weighted by Gasteiger charge is 2.19. The number of likely N-dealkylation sites (N-methyl/N-ethyl adjacent to an activating group) is 1. The fourth-order valence-corrected chi connectivity index (χ4v) is 3.24. The van der Waals surface area contributed by atoms with E-state index in [1.165, 1.54) is 7.11 Å². The molecule has 0 spiro atoms. The van der Waals surface area contributed by atoms with Crippen LogP contribution in [0.2, 0.25) is 0 Å². The molecule has 0 saturated carbocycles. The van der Waals surface area contributed by atoms with Crippen molar-refractivity contribution in [2.24, 2.45) is 0 Å². The number of aromatic amines is 1. The molecule has 2 aromatic heterocycles. The van der Waals surface area contributed by atoms with Gasteiger partial charge in [-0.05, 0) is 31.3 Å². The normalized spacial score (nSPS) is 15.1. The van der Waals surface area contributed by atoms with Gasteiger partial charge in [0.15, 0.2) is 0 Å². The molecule has 1 N–H and O–H groups in total.